The number of carbonyl (C=O) groups is 1. The number of hydrogen-bond donors (Lipinski definition) is 2. The number of benzene rings is 1. The summed E-state index contributed by atoms with van der Waals surface area (Å²) < 4.78 is 1.96. The van der Waals surface area contributed by atoms with Crippen LogP contribution in [0.1, 0.15) is 18.4 Å². The highest BCUT2D eigenvalue weighted by atomic mass is 16.2. The molecule has 1 amide bonds. The first-order chi connectivity index (χ1) is 9.81. The minimum absolute atomic E-state index is 0.0857. The monoisotopic (exact) mass is 270 g/mol. The Balaban J connectivity index is 1.47. The second-order valence-electron chi connectivity index (χ2n) is 5.08. The number of hydrogen-bond acceptors (Lipinski definition) is 3. The van der Waals surface area contributed by atoms with Gasteiger partial charge < -0.3 is 15.2 Å². The van der Waals surface area contributed by atoms with E-state index in [1.165, 1.54) is 0 Å². The average molecular weight is 270 g/mol. The number of rotatable bonds is 6. The first kappa shape index (κ1) is 12.9. The lowest BCUT2D eigenvalue weighted by atomic mass is 10.2. The van der Waals surface area contributed by atoms with Crippen molar-refractivity contribution in [1.29, 1.82) is 0 Å². The van der Waals surface area contributed by atoms with E-state index in [1.54, 1.807) is 12.5 Å². The van der Waals surface area contributed by atoms with Gasteiger partial charge in [-0.2, -0.15) is 0 Å². The van der Waals surface area contributed by atoms with E-state index >= 15 is 0 Å². The van der Waals surface area contributed by atoms with E-state index in [0.717, 1.165) is 24.1 Å². The summed E-state index contributed by atoms with van der Waals surface area (Å²) in [6.07, 6.45) is 7.70. The molecule has 1 aliphatic carbocycles. The molecule has 0 bridgehead atoms. The Morgan fingerprint density at radius 3 is 2.75 bits per heavy atom. The maximum atomic E-state index is 11.5. The van der Waals surface area contributed by atoms with Gasteiger partial charge in [0.25, 0.3) is 0 Å². The second kappa shape index (κ2) is 5.88. The fraction of sp³-hybridized carbons (Fsp3) is 0.333. The maximum absolute atomic E-state index is 11.5. The topological polar surface area (TPSA) is 59.0 Å². The number of imidazole rings is 1. The summed E-state index contributed by atoms with van der Waals surface area (Å²) in [5, 5.41) is 6.11. The van der Waals surface area contributed by atoms with Crippen molar-refractivity contribution in [2.75, 3.05) is 6.54 Å². The largest absolute Gasteiger partial charge is 0.352 e. The zero-order chi connectivity index (χ0) is 13.8. The molecular weight excluding hydrogens is 252 g/mol. The van der Waals surface area contributed by atoms with Crippen LogP contribution in [-0.4, -0.2) is 28.0 Å². The van der Waals surface area contributed by atoms with Gasteiger partial charge in [-0.25, -0.2) is 4.98 Å². The van der Waals surface area contributed by atoms with Crippen LogP contribution in [0.2, 0.25) is 0 Å². The quantitative estimate of drug-likeness (QED) is 0.830. The molecule has 1 aromatic carbocycles. The van der Waals surface area contributed by atoms with Crippen LogP contribution in [0.15, 0.2) is 43.0 Å². The summed E-state index contributed by atoms with van der Waals surface area (Å²) in [4.78, 5) is 15.5. The fourth-order valence-corrected chi connectivity index (χ4v) is 2.02. The smallest absolute Gasteiger partial charge is 0.234 e. The Labute approximate surface area is 118 Å². The summed E-state index contributed by atoms with van der Waals surface area (Å²) in [6.45, 7) is 1.07. The molecule has 0 radical (unpaired) electrons. The maximum Gasteiger partial charge on any atom is 0.234 e. The van der Waals surface area contributed by atoms with Gasteiger partial charge in [-0.1, -0.05) is 12.1 Å². The highest BCUT2D eigenvalue weighted by Crippen LogP contribution is 2.18. The van der Waals surface area contributed by atoms with Crippen molar-refractivity contribution < 1.29 is 4.79 Å². The van der Waals surface area contributed by atoms with E-state index in [9.17, 15) is 4.79 Å². The molecule has 2 aromatic rings. The summed E-state index contributed by atoms with van der Waals surface area (Å²) in [7, 11) is 0. The summed E-state index contributed by atoms with van der Waals surface area (Å²) in [5.74, 6) is 0.0857. The minimum atomic E-state index is 0.0857. The molecule has 3 rings (SSSR count). The Kier molecular flexibility index (Phi) is 3.78. The molecule has 0 spiro atoms. The lowest BCUT2D eigenvalue weighted by molar-refractivity contribution is -0.120. The molecular formula is C15H18N4O. The van der Waals surface area contributed by atoms with Crippen LogP contribution in [0.4, 0.5) is 0 Å². The molecule has 2 N–H and O–H groups in total. The summed E-state index contributed by atoms with van der Waals surface area (Å²) >= 11 is 0. The minimum Gasteiger partial charge on any atom is -0.352 e. The van der Waals surface area contributed by atoms with Crippen molar-refractivity contribution in [2.24, 2.45) is 0 Å². The Morgan fingerprint density at radius 1 is 1.30 bits per heavy atom. The van der Waals surface area contributed by atoms with E-state index in [1.807, 2.05) is 22.9 Å². The molecule has 0 aliphatic heterocycles. The van der Waals surface area contributed by atoms with Crippen molar-refractivity contribution in [3.05, 3.63) is 48.5 Å². The third kappa shape index (κ3) is 3.45. The zero-order valence-corrected chi connectivity index (χ0v) is 11.2. The van der Waals surface area contributed by atoms with E-state index in [4.69, 9.17) is 0 Å². The van der Waals surface area contributed by atoms with Gasteiger partial charge in [0.2, 0.25) is 5.91 Å². The van der Waals surface area contributed by atoms with Crippen LogP contribution >= 0.6 is 0 Å². The molecule has 1 heterocycles. The first-order valence-electron chi connectivity index (χ1n) is 6.88. The molecule has 20 heavy (non-hydrogen) atoms. The van der Waals surface area contributed by atoms with Crippen molar-refractivity contribution in [3.8, 4) is 5.69 Å². The normalized spacial score (nSPS) is 14.2. The summed E-state index contributed by atoms with van der Waals surface area (Å²) in [6, 6.07) is 8.63. The molecule has 1 fully saturated rings. The summed E-state index contributed by atoms with van der Waals surface area (Å²) in [5.41, 5.74) is 2.24. The van der Waals surface area contributed by atoms with Gasteiger partial charge >= 0.3 is 0 Å². The number of carbonyl (C=O) groups excluding carboxylic acids is 1. The van der Waals surface area contributed by atoms with E-state index in [2.05, 4.69) is 27.8 Å². The lowest BCUT2D eigenvalue weighted by Crippen LogP contribution is -2.34. The Morgan fingerprint density at radius 2 is 2.10 bits per heavy atom. The average Bonchev–Trinajstić information content (AvgIpc) is 3.09. The Bertz CT molecular complexity index is 558. The van der Waals surface area contributed by atoms with Crippen LogP contribution in [0.25, 0.3) is 5.69 Å². The fourth-order valence-electron chi connectivity index (χ4n) is 2.02. The molecule has 1 aromatic heterocycles. The standard InChI is InChI=1S/C15H18N4O/c20-15(18-13-3-4-13)10-17-9-12-1-5-14(6-2-12)19-8-7-16-11-19/h1-2,5-8,11,13,17H,3-4,9-10H2,(H,18,20). The third-order valence-corrected chi connectivity index (χ3v) is 3.30. The van der Waals surface area contributed by atoms with Crippen molar-refractivity contribution in [3.63, 3.8) is 0 Å². The van der Waals surface area contributed by atoms with Gasteiger partial charge in [-0.3, -0.25) is 4.79 Å². The van der Waals surface area contributed by atoms with Gasteiger partial charge in [0.1, 0.15) is 0 Å². The first-order valence-corrected chi connectivity index (χ1v) is 6.88. The molecule has 5 heteroatoms. The van der Waals surface area contributed by atoms with E-state index < -0.39 is 0 Å². The van der Waals surface area contributed by atoms with E-state index in [-0.39, 0.29) is 5.91 Å². The van der Waals surface area contributed by atoms with Crippen LogP contribution in [0.3, 0.4) is 0 Å². The number of amides is 1. The van der Waals surface area contributed by atoms with Crippen molar-refractivity contribution >= 4 is 5.91 Å². The molecule has 1 aliphatic rings. The van der Waals surface area contributed by atoms with Gasteiger partial charge in [0, 0.05) is 30.7 Å². The lowest BCUT2D eigenvalue weighted by Gasteiger charge is -2.07. The number of nitrogens with one attached hydrogen (secondary N) is 2. The highest BCUT2D eigenvalue weighted by molar-refractivity contribution is 5.78. The molecule has 0 saturated heterocycles. The van der Waals surface area contributed by atoms with Crippen LogP contribution in [0, 0.1) is 0 Å². The molecule has 1 saturated carbocycles. The third-order valence-electron chi connectivity index (χ3n) is 3.30. The van der Waals surface area contributed by atoms with Crippen LogP contribution in [-0.2, 0) is 11.3 Å². The second-order valence-corrected chi connectivity index (χ2v) is 5.08. The predicted molar refractivity (Wildman–Crippen MR) is 76.4 cm³/mol. The van der Waals surface area contributed by atoms with Gasteiger partial charge in [-0.15, -0.1) is 0 Å². The van der Waals surface area contributed by atoms with Gasteiger partial charge in [0.15, 0.2) is 0 Å². The molecule has 5 nitrogen and oxygen atoms in total. The number of nitrogens with zero attached hydrogens (tertiary/aromatic N) is 2. The molecule has 0 atom stereocenters. The van der Waals surface area contributed by atoms with E-state index in [0.29, 0.717) is 19.1 Å². The SMILES string of the molecule is O=C(CNCc1ccc(-n2ccnc2)cc1)NC1CC1. The van der Waals surface area contributed by atoms with Crippen molar-refractivity contribution in [2.45, 2.75) is 25.4 Å². The van der Waals surface area contributed by atoms with Gasteiger partial charge in [0.05, 0.1) is 12.9 Å². The van der Waals surface area contributed by atoms with Crippen molar-refractivity contribution in [1.82, 2.24) is 20.2 Å². The van der Waals surface area contributed by atoms with Gasteiger partial charge in [-0.05, 0) is 30.5 Å². The molecule has 0 unspecified atom stereocenters. The predicted octanol–water partition coefficient (Wildman–Crippen LogP) is 1.24. The Hall–Kier alpha value is -2.14. The number of aromatic nitrogens is 2. The zero-order valence-electron chi connectivity index (χ0n) is 11.2. The highest BCUT2D eigenvalue weighted by Gasteiger charge is 2.22. The van der Waals surface area contributed by atoms with Crippen LogP contribution in [0.5, 0.6) is 0 Å². The molecule has 104 valence electrons. The van der Waals surface area contributed by atoms with Crippen LogP contribution < -0.4 is 10.6 Å².